The molecule has 1 atom stereocenters. The zero-order chi connectivity index (χ0) is 23.7. The van der Waals surface area contributed by atoms with Crippen molar-refractivity contribution in [1.82, 2.24) is 14.3 Å². The third-order valence-electron chi connectivity index (χ3n) is 6.36. The molecule has 1 aliphatic heterocycles. The maximum atomic E-state index is 14.0. The van der Waals surface area contributed by atoms with Gasteiger partial charge in [0.15, 0.2) is 0 Å². The first-order valence-electron chi connectivity index (χ1n) is 11.5. The lowest BCUT2D eigenvalue weighted by molar-refractivity contribution is 0.191. The van der Waals surface area contributed by atoms with Crippen LogP contribution >= 0.6 is 0 Å². The Bertz CT molecular complexity index is 1350. The fourth-order valence-corrected chi connectivity index (χ4v) is 4.61. The Kier molecular flexibility index (Phi) is 5.92. The molecule has 2 aromatic heterocycles. The molecule has 1 fully saturated rings. The van der Waals surface area contributed by atoms with Crippen molar-refractivity contribution in [3.8, 4) is 17.0 Å². The molecule has 0 bridgehead atoms. The van der Waals surface area contributed by atoms with Crippen molar-refractivity contribution in [2.45, 2.75) is 25.7 Å². The maximum Gasteiger partial charge on any atom is 0.321 e. The van der Waals surface area contributed by atoms with E-state index in [2.05, 4.69) is 35.0 Å². The number of nitrogens with one attached hydrogen (secondary N) is 1. The van der Waals surface area contributed by atoms with Gasteiger partial charge in [0.05, 0.1) is 24.0 Å². The van der Waals surface area contributed by atoms with Gasteiger partial charge in [0.25, 0.3) is 0 Å². The van der Waals surface area contributed by atoms with Crippen molar-refractivity contribution in [2.24, 2.45) is 0 Å². The smallest absolute Gasteiger partial charge is 0.321 e. The second kappa shape index (κ2) is 9.17. The third-order valence-corrected chi connectivity index (χ3v) is 6.36. The quantitative estimate of drug-likeness (QED) is 0.416. The Morgan fingerprint density at radius 1 is 1.15 bits per heavy atom. The average molecular weight is 459 g/mol. The molecule has 1 aliphatic rings. The Hall–Kier alpha value is -3.87. The molecule has 1 N–H and O–H groups in total. The van der Waals surface area contributed by atoms with E-state index in [1.54, 1.807) is 30.2 Å². The van der Waals surface area contributed by atoms with Crippen LogP contribution in [0.15, 0.2) is 66.9 Å². The first-order valence-corrected chi connectivity index (χ1v) is 11.5. The van der Waals surface area contributed by atoms with Crippen molar-refractivity contribution in [3.63, 3.8) is 0 Å². The van der Waals surface area contributed by atoms with Crippen molar-refractivity contribution >= 4 is 17.2 Å². The Balaban J connectivity index is 1.46. The van der Waals surface area contributed by atoms with Gasteiger partial charge in [0.1, 0.15) is 17.4 Å². The lowest BCUT2D eigenvalue weighted by atomic mass is 9.97. The Morgan fingerprint density at radius 2 is 2.00 bits per heavy atom. The number of piperidine rings is 1. The normalized spacial score (nSPS) is 16.0. The highest BCUT2D eigenvalue weighted by atomic mass is 19.1. The van der Waals surface area contributed by atoms with Crippen molar-refractivity contribution < 1.29 is 13.9 Å². The molecule has 5 rings (SSSR count). The highest BCUT2D eigenvalue weighted by Crippen LogP contribution is 2.33. The van der Waals surface area contributed by atoms with Gasteiger partial charge in [-0.05, 0) is 61.7 Å². The van der Waals surface area contributed by atoms with Crippen molar-refractivity contribution in [3.05, 3.63) is 84.1 Å². The largest absolute Gasteiger partial charge is 0.497 e. The van der Waals surface area contributed by atoms with Gasteiger partial charge >= 0.3 is 6.03 Å². The molecular weight excluding hydrogens is 431 g/mol. The Labute approximate surface area is 198 Å². The second-order valence-corrected chi connectivity index (χ2v) is 8.71. The van der Waals surface area contributed by atoms with Crippen LogP contribution in [-0.4, -0.2) is 40.5 Å². The molecule has 7 heteroatoms. The molecule has 2 aromatic carbocycles. The number of methoxy groups -OCH3 is 1. The number of pyridine rings is 1. The first kappa shape index (κ1) is 21.9. The van der Waals surface area contributed by atoms with E-state index in [0.29, 0.717) is 13.1 Å². The number of nitrogens with zero attached hydrogens (tertiary/aromatic N) is 3. The number of carbonyl (C=O) groups is 1. The molecule has 0 radical (unpaired) electrons. The number of aryl methyl sites for hydroxylation is 1. The number of para-hydroxylation sites is 1. The summed E-state index contributed by atoms with van der Waals surface area (Å²) in [6.45, 7) is 3.21. The number of amides is 2. The van der Waals surface area contributed by atoms with Gasteiger partial charge in [0, 0.05) is 30.8 Å². The lowest BCUT2D eigenvalue weighted by Gasteiger charge is -2.32. The van der Waals surface area contributed by atoms with Gasteiger partial charge in [-0.2, -0.15) is 0 Å². The molecule has 0 saturated carbocycles. The number of aromatic nitrogens is 2. The van der Waals surface area contributed by atoms with Crippen LogP contribution in [0.1, 0.15) is 30.1 Å². The fourth-order valence-electron chi connectivity index (χ4n) is 4.61. The zero-order valence-electron chi connectivity index (χ0n) is 19.3. The number of fused-ring (bicyclic) bond motifs is 1. The molecule has 34 heavy (non-hydrogen) atoms. The number of likely N-dealkylation sites (tertiary alicyclic amines) is 1. The molecule has 174 valence electrons. The number of benzene rings is 2. The molecule has 0 aliphatic carbocycles. The van der Waals surface area contributed by atoms with Gasteiger partial charge < -0.3 is 19.4 Å². The summed E-state index contributed by atoms with van der Waals surface area (Å²) < 4.78 is 21.6. The number of carbonyl (C=O) groups excluding carboxylic acids is 1. The summed E-state index contributed by atoms with van der Waals surface area (Å²) in [6.07, 6.45) is 3.83. The number of imidazole rings is 1. The summed E-state index contributed by atoms with van der Waals surface area (Å²) >= 11 is 0. The monoisotopic (exact) mass is 458 g/mol. The van der Waals surface area contributed by atoms with Crippen LogP contribution in [0.5, 0.6) is 5.75 Å². The van der Waals surface area contributed by atoms with Gasteiger partial charge in [0.2, 0.25) is 0 Å². The van der Waals surface area contributed by atoms with Gasteiger partial charge in [-0.15, -0.1) is 0 Å². The van der Waals surface area contributed by atoms with Gasteiger partial charge in [-0.3, -0.25) is 0 Å². The predicted molar refractivity (Wildman–Crippen MR) is 131 cm³/mol. The topological polar surface area (TPSA) is 58.9 Å². The van der Waals surface area contributed by atoms with E-state index in [4.69, 9.17) is 9.72 Å². The van der Waals surface area contributed by atoms with E-state index in [-0.39, 0.29) is 17.6 Å². The predicted octanol–water partition coefficient (Wildman–Crippen LogP) is 5.87. The molecule has 0 spiro atoms. The molecule has 2 amide bonds. The summed E-state index contributed by atoms with van der Waals surface area (Å²) in [4.78, 5) is 19.7. The summed E-state index contributed by atoms with van der Waals surface area (Å²) in [7, 11) is 1.66. The minimum atomic E-state index is -0.443. The highest BCUT2D eigenvalue weighted by Gasteiger charge is 2.29. The molecule has 1 saturated heterocycles. The first-order chi connectivity index (χ1) is 16.5. The minimum Gasteiger partial charge on any atom is -0.497 e. The number of halogens is 1. The van der Waals surface area contributed by atoms with Gasteiger partial charge in [-0.1, -0.05) is 24.3 Å². The van der Waals surface area contributed by atoms with Crippen LogP contribution in [0.2, 0.25) is 0 Å². The van der Waals surface area contributed by atoms with Crippen LogP contribution in [0.3, 0.4) is 0 Å². The van der Waals surface area contributed by atoms with Gasteiger partial charge in [-0.25, -0.2) is 14.2 Å². The summed E-state index contributed by atoms with van der Waals surface area (Å²) in [5, 5.41) is 2.71. The molecule has 6 nitrogen and oxygen atoms in total. The van der Waals surface area contributed by atoms with E-state index >= 15 is 0 Å². The molecule has 3 heterocycles. The van der Waals surface area contributed by atoms with E-state index in [1.165, 1.54) is 6.07 Å². The van der Waals surface area contributed by atoms with Crippen LogP contribution in [0.25, 0.3) is 16.8 Å². The van der Waals surface area contributed by atoms with Crippen LogP contribution in [0, 0.1) is 12.7 Å². The number of hydrogen-bond donors (Lipinski definition) is 1. The standard InChI is InChI=1S/C27H27FN4O2/c1-18-12-14-32-24(15-18)25(19-7-5-9-21(16-19)34-2)30-26(32)20-8-6-13-31(17-20)27(33)29-23-11-4-3-10-22(23)28/h3-5,7,9-12,14-16,20H,6,8,13,17H2,1-2H3,(H,29,33). The van der Waals surface area contributed by atoms with Crippen LogP contribution < -0.4 is 10.1 Å². The maximum absolute atomic E-state index is 14.0. The number of hydrogen-bond acceptors (Lipinski definition) is 3. The molecule has 4 aromatic rings. The number of anilines is 1. The summed E-state index contributed by atoms with van der Waals surface area (Å²) in [5.74, 6) is 1.33. The second-order valence-electron chi connectivity index (χ2n) is 8.71. The molecular formula is C27H27FN4O2. The van der Waals surface area contributed by atoms with E-state index in [1.807, 2.05) is 24.3 Å². The lowest BCUT2D eigenvalue weighted by Crippen LogP contribution is -2.42. The minimum absolute atomic E-state index is 0.0645. The number of urea groups is 1. The zero-order valence-corrected chi connectivity index (χ0v) is 19.3. The number of ether oxygens (including phenoxy) is 1. The van der Waals surface area contributed by atoms with E-state index in [0.717, 1.165) is 46.8 Å². The summed E-state index contributed by atoms with van der Waals surface area (Å²) in [6, 6.07) is 18.0. The third kappa shape index (κ3) is 4.21. The van der Waals surface area contributed by atoms with E-state index < -0.39 is 5.82 Å². The summed E-state index contributed by atoms with van der Waals surface area (Å²) in [5.41, 5.74) is 4.25. The Morgan fingerprint density at radius 3 is 2.82 bits per heavy atom. The number of rotatable bonds is 4. The highest BCUT2D eigenvalue weighted by molar-refractivity contribution is 5.89. The fraction of sp³-hybridized carbons (Fsp3) is 0.259. The average Bonchev–Trinajstić information content (AvgIpc) is 3.24. The van der Waals surface area contributed by atoms with Crippen molar-refractivity contribution in [2.75, 3.05) is 25.5 Å². The van der Waals surface area contributed by atoms with Crippen LogP contribution in [0.4, 0.5) is 14.9 Å². The van der Waals surface area contributed by atoms with Crippen molar-refractivity contribution in [1.29, 1.82) is 0 Å². The molecule has 1 unspecified atom stereocenters. The SMILES string of the molecule is COc1cccc(-c2nc(C3CCCN(C(=O)Nc4ccccc4F)C3)n3ccc(C)cc23)c1. The van der Waals surface area contributed by atoms with Crippen LogP contribution in [-0.2, 0) is 0 Å². The van der Waals surface area contributed by atoms with E-state index in [9.17, 15) is 9.18 Å².